The molecule has 1 nitrogen and oxygen atoms in total. The molecule has 122 valence electrons. The number of unbranched alkanes of at least 4 members (excludes halogenated alkanes) is 10. The maximum absolute atomic E-state index is 5.47. The highest BCUT2D eigenvalue weighted by atomic mass is 16.5. The van der Waals surface area contributed by atoms with Gasteiger partial charge >= 0.3 is 0 Å². The second-order valence-electron chi connectivity index (χ2n) is 5.56. The standard InChI is InChI=1S/C16H34O.C3H6/c1-3-5-6-7-8-9-10-11-12-13-14-16-17-15-4-2;1-3-2/h3-16H2,1-2H3;3H,1H2,2H3. The topological polar surface area (TPSA) is 9.23 Å². The van der Waals surface area contributed by atoms with Gasteiger partial charge in [-0.3, -0.25) is 0 Å². The van der Waals surface area contributed by atoms with Crippen LogP contribution < -0.4 is 0 Å². The predicted molar refractivity (Wildman–Crippen MR) is 93.4 cm³/mol. The lowest BCUT2D eigenvalue weighted by molar-refractivity contribution is 0.130. The van der Waals surface area contributed by atoms with Crippen LogP contribution in [0.15, 0.2) is 12.7 Å². The molecule has 0 unspecified atom stereocenters. The van der Waals surface area contributed by atoms with E-state index in [1.807, 2.05) is 6.92 Å². The molecule has 0 saturated heterocycles. The van der Waals surface area contributed by atoms with Crippen LogP contribution in [-0.2, 0) is 4.74 Å². The normalized spacial score (nSPS) is 9.95. The second kappa shape index (κ2) is 23.8. The summed E-state index contributed by atoms with van der Waals surface area (Å²) in [5.41, 5.74) is 0. The van der Waals surface area contributed by atoms with Gasteiger partial charge < -0.3 is 4.74 Å². The molecule has 0 atom stereocenters. The van der Waals surface area contributed by atoms with Gasteiger partial charge in [0.15, 0.2) is 0 Å². The first-order valence-corrected chi connectivity index (χ1v) is 8.98. The average molecular weight is 285 g/mol. The molecule has 0 aromatic carbocycles. The average Bonchev–Trinajstić information content (AvgIpc) is 2.45. The van der Waals surface area contributed by atoms with Gasteiger partial charge in [-0.2, -0.15) is 0 Å². The summed E-state index contributed by atoms with van der Waals surface area (Å²) >= 11 is 0. The third-order valence-corrected chi connectivity index (χ3v) is 3.24. The first-order chi connectivity index (χ1) is 9.83. The van der Waals surface area contributed by atoms with Crippen molar-refractivity contribution < 1.29 is 4.74 Å². The van der Waals surface area contributed by atoms with Gasteiger partial charge in [-0.1, -0.05) is 84.1 Å². The van der Waals surface area contributed by atoms with E-state index in [1.165, 1.54) is 70.6 Å². The maximum Gasteiger partial charge on any atom is 0.0466 e. The lowest BCUT2D eigenvalue weighted by atomic mass is 10.1. The van der Waals surface area contributed by atoms with Crippen LogP contribution in [0.4, 0.5) is 0 Å². The smallest absolute Gasteiger partial charge is 0.0466 e. The summed E-state index contributed by atoms with van der Waals surface area (Å²) in [6.07, 6.45) is 18.4. The predicted octanol–water partition coefficient (Wildman–Crippen LogP) is 6.92. The summed E-state index contributed by atoms with van der Waals surface area (Å²) in [6, 6.07) is 0. The number of rotatable bonds is 14. The molecule has 0 rings (SSSR count). The Morgan fingerprint density at radius 2 is 1.05 bits per heavy atom. The van der Waals surface area contributed by atoms with Crippen molar-refractivity contribution >= 4 is 0 Å². The Balaban J connectivity index is 0. The van der Waals surface area contributed by atoms with Crippen molar-refractivity contribution in [3.05, 3.63) is 12.7 Å². The Morgan fingerprint density at radius 3 is 1.45 bits per heavy atom. The fraction of sp³-hybridized carbons (Fsp3) is 0.895. The van der Waals surface area contributed by atoms with Gasteiger partial charge in [0, 0.05) is 13.2 Å². The maximum atomic E-state index is 5.47. The minimum absolute atomic E-state index is 0.942. The summed E-state index contributed by atoms with van der Waals surface area (Å²) < 4.78 is 5.47. The van der Waals surface area contributed by atoms with E-state index in [4.69, 9.17) is 4.74 Å². The third kappa shape index (κ3) is 26.3. The van der Waals surface area contributed by atoms with Crippen molar-refractivity contribution in [3.8, 4) is 0 Å². The Kier molecular flexibility index (Phi) is 26.1. The summed E-state index contributed by atoms with van der Waals surface area (Å²) in [5, 5.41) is 0. The van der Waals surface area contributed by atoms with E-state index in [2.05, 4.69) is 20.4 Å². The number of hydrogen-bond acceptors (Lipinski definition) is 1. The molecule has 0 bridgehead atoms. The Morgan fingerprint density at radius 1 is 0.650 bits per heavy atom. The van der Waals surface area contributed by atoms with E-state index < -0.39 is 0 Å². The highest BCUT2D eigenvalue weighted by Crippen LogP contribution is 2.11. The van der Waals surface area contributed by atoms with E-state index in [0.29, 0.717) is 0 Å². The minimum Gasteiger partial charge on any atom is -0.381 e. The molecule has 1 heteroatoms. The number of ether oxygens (including phenoxy) is 1. The highest BCUT2D eigenvalue weighted by Gasteiger charge is 1.93. The molecule has 0 aromatic rings. The Labute approximate surface area is 129 Å². The zero-order valence-corrected chi connectivity index (χ0v) is 14.6. The van der Waals surface area contributed by atoms with Crippen molar-refractivity contribution in [2.75, 3.05) is 13.2 Å². The van der Waals surface area contributed by atoms with Crippen LogP contribution in [0.1, 0.15) is 97.8 Å². The molecule has 0 radical (unpaired) electrons. The molecule has 0 spiro atoms. The number of hydrogen-bond donors (Lipinski definition) is 0. The number of allylic oxidation sites excluding steroid dienone is 1. The molecule has 0 aliphatic carbocycles. The minimum atomic E-state index is 0.942. The molecule has 0 amide bonds. The van der Waals surface area contributed by atoms with E-state index >= 15 is 0 Å². The summed E-state index contributed by atoms with van der Waals surface area (Å²) in [7, 11) is 0. The van der Waals surface area contributed by atoms with Gasteiger partial charge in [0.2, 0.25) is 0 Å². The monoisotopic (exact) mass is 284 g/mol. The van der Waals surface area contributed by atoms with Gasteiger partial charge in [-0.05, 0) is 19.8 Å². The van der Waals surface area contributed by atoms with Crippen molar-refractivity contribution in [2.45, 2.75) is 97.8 Å². The molecule has 0 saturated carbocycles. The zero-order valence-electron chi connectivity index (χ0n) is 14.6. The van der Waals surface area contributed by atoms with Crippen LogP contribution in [0.2, 0.25) is 0 Å². The highest BCUT2D eigenvalue weighted by molar-refractivity contribution is 4.51. The van der Waals surface area contributed by atoms with E-state index in [0.717, 1.165) is 19.6 Å². The first kappa shape index (κ1) is 22.0. The lowest BCUT2D eigenvalue weighted by Gasteiger charge is -2.03. The van der Waals surface area contributed by atoms with Crippen LogP contribution in [0, 0.1) is 0 Å². The zero-order chi connectivity index (χ0) is 15.3. The van der Waals surface area contributed by atoms with E-state index in [1.54, 1.807) is 6.08 Å². The van der Waals surface area contributed by atoms with Gasteiger partial charge in [-0.25, -0.2) is 0 Å². The molecule has 20 heavy (non-hydrogen) atoms. The van der Waals surface area contributed by atoms with Gasteiger partial charge in [0.05, 0.1) is 0 Å². The van der Waals surface area contributed by atoms with Crippen LogP contribution >= 0.6 is 0 Å². The van der Waals surface area contributed by atoms with E-state index in [9.17, 15) is 0 Å². The second-order valence-corrected chi connectivity index (χ2v) is 5.56. The molecule has 0 heterocycles. The molecule has 0 aliphatic heterocycles. The van der Waals surface area contributed by atoms with Crippen molar-refractivity contribution in [1.82, 2.24) is 0 Å². The van der Waals surface area contributed by atoms with Gasteiger partial charge in [0.25, 0.3) is 0 Å². The first-order valence-electron chi connectivity index (χ1n) is 8.98. The Bertz CT molecular complexity index is 140. The van der Waals surface area contributed by atoms with Crippen molar-refractivity contribution in [1.29, 1.82) is 0 Å². The van der Waals surface area contributed by atoms with Crippen LogP contribution in [0.5, 0.6) is 0 Å². The van der Waals surface area contributed by atoms with Crippen molar-refractivity contribution in [3.63, 3.8) is 0 Å². The quantitative estimate of drug-likeness (QED) is 0.248. The van der Waals surface area contributed by atoms with Crippen LogP contribution in [0.25, 0.3) is 0 Å². The lowest BCUT2D eigenvalue weighted by Crippen LogP contribution is -1.95. The summed E-state index contributed by atoms with van der Waals surface area (Å²) in [6.45, 7) is 11.6. The summed E-state index contributed by atoms with van der Waals surface area (Å²) in [5.74, 6) is 0. The van der Waals surface area contributed by atoms with Crippen LogP contribution in [-0.4, -0.2) is 13.2 Å². The molecule has 0 aromatic heterocycles. The molecule has 0 fully saturated rings. The third-order valence-electron chi connectivity index (χ3n) is 3.24. The summed E-state index contributed by atoms with van der Waals surface area (Å²) in [4.78, 5) is 0. The fourth-order valence-corrected chi connectivity index (χ4v) is 2.11. The van der Waals surface area contributed by atoms with Gasteiger partial charge in [-0.15, -0.1) is 6.58 Å². The molecule has 0 N–H and O–H groups in total. The fourth-order valence-electron chi connectivity index (χ4n) is 2.11. The molecular formula is C19H40O. The SMILES string of the molecule is C=CC.CCCCCCCCCCCCCOCCC. The Hall–Kier alpha value is -0.300. The van der Waals surface area contributed by atoms with Crippen LogP contribution in [0.3, 0.4) is 0 Å². The largest absolute Gasteiger partial charge is 0.381 e. The molecular weight excluding hydrogens is 244 g/mol. The van der Waals surface area contributed by atoms with Crippen molar-refractivity contribution in [2.24, 2.45) is 0 Å². The molecule has 0 aliphatic rings. The van der Waals surface area contributed by atoms with Gasteiger partial charge in [0.1, 0.15) is 0 Å². The van der Waals surface area contributed by atoms with E-state index in [-0.39, 0.29) is 0 Å².